The minimum Gasteiger partial charge on any atom is -0.361 e. The number of nitrogens with one attached hydrogen (secondary N) is 1. The Kier molecular flexibility index (Phi) is 3.51. The minimum absolute atomic E-state index is 0.0582. The molecule has 1 N–H and O–H groups in total. The molecule has 9 heteroatoms. The number of halogens is 3. The standard InChI is InChI=1S/C11H11F3N4O2/c1-6-3-7(17-20-6)5-15-10(19)8-4-9(11(12,13)14)16-18(8)2/h3-4H,5H2,1-2H3,(H,15,19). The molecule has 2 heterocycles. The summed E-state index contributed by atoms with van der Waals surface area (Å²) >= 11 is 0. The van der Waals surface area contributed by atoms with Gasteiger partial charge in [0, 0.05) is 19.2 Å². The van der Waals surface area contributed by atoms with Gasteiger partial charge in [-0.3, -0.25) is 9.48 Å². The van der Waals surface area contributed by atoms with Crippen LogP contribution in [0.25, 0.3) is 0 Å². The molecule has 2 aromatic rings. The number of hydrogen-bond acceptors (Lipinski definition) is 4. The van der Waals surface area contributed by atoms with Gasteiger partial charge in [0.2, 0.25) is 0 Å². The molecule has 0 saturated carbocycles. The lowest BCUT2D eigenvalue weighted by Crippen LogP contribution is -2.25. The number of carbonyl (C=O) groups is 1. The molecule has 0 aliphatic heterocycles. The van der Waals surface area contributed by atoms with Crippen molar-refractivity contribution in [2.75, 3.05) is 0 Å². The molecule has 0 unspecified atom stereocenters. The lowest BCUT2D eigenvalue weighted by atomic mass is 10.3. The second-order valence-electron chi connectivity index (χ2n) is 4.15. The van der Waals surface area contributed by atoms with E-state index in [1.54, 1.807) is 13.0 Å². The van der Waals surface area contributed by atoms with Gasteiger partial charge in [-0.2, -0.15) is 18.3 Å². The van der Waals surface area contributed by atoms with E-state index in [0.717, 1.165) is 4.68 Å². The summed E-state index contributed by atoms with van der Waals surface area (Å²) in [6.45, 7) is 1.75. The maximum atomic E-state index is 12.5. The lowest BCUT2D eigenvalue weighted by molar-refractivity contribution is -0.141. The maximum Gasteiger partial charge on any atom is 0.435 e. The summed E-state index contributed by atoms with van der Waals surface area (Å²) in [4.78, 5) is 11.8. The molecule has 20 heavy (non-hydrogen) atoms. The van der Waals surface area contributed by atoms with E-state index in [4.69, 9.17) is 4.52 Å². The SMILES string of the molecule is Cc1cc(CNC(=O)c2cc(C(F)(F)F)nn2C)no1. The van der Waals surface area contributed by atoms with Crippen molar-refractivity contribution in [2.45, 2.75) is 19.6 Å². The number of amides is 1. The van der Waals surface area contributed by atoms with E-state index in [0.29, 0.717) is 17.5 Å². The summed E-state index contributed by atoms with van der Waals surface area (Å²) in [5, 5.41) is 9.36. The van der Waals surface area contributed by atoms with E-state index < -0.39 is 17.8 Å². The van der Waals surface area contributed by atoms with E-state index in [1.165, 1.54) is 7.05 Å². The first-order valence-corrected chi connectivity index (χ1v) is 5.59. The molecule has 0 saturated heterocycles. The Bertz CT molecular complexity index is 630. The Morgan fingerprint density at radius 2 is 2.15 bits per heavy atom. The smallest absolute Gasteiger partial charge is 0.361 e. The van der Waals surface area contributed by atoms with Crippen LogP contribution in [0, 0.1) is 6.92 Å². The summed E-state index contributed by atoms with van der Waals surface area (Å²) < 4.78 is 43.1. The van der Waals surface area contributed by atoms with E-state index >= 15 is 0 Å². The number of nitrogens with zero attached hydrogens (tertiary/aromatic N) is 3. The Hall–Kier alpha value is -2.32. The minimum atomic E-state index is -4.58. The van der Waals surface area contributed by atoms with Crippen LogP contribution in [0.5, 0.6) is 0 Å². The van der Waals surface area contributed by atoms with Crippen molar-refractivity contribution in [3.63, 3.8) is 0 Å². The van der Waals surface area contributed by atoms with Crippen LogP contribution in [-0.2, 0) is 19.8 Å². The molecule has 0 bridgehead atoms. The molecular weight excluding hydrogens is 277 g/mol. The summed E-state index contributed by atoms with van der Waals surface area (Å²) in [6.07, 6.45) is -4.58. The number of alkyl halides is 3. The largest absolute Gasteiger partial charge is 0.435 e. The Labute approximate surface area is 111 Å². The molecule has 0 atom stereocenters. The molecule has 2 aromatic heterocycles. The van der Waals surface area contributed by atoms with Gasteiger partial charge in [-0.25, -0.2) is 0 Å². The fourth-order valence-electron chi connectivity index (χ4n) is 1.58. The predicted molar refractivity (Wildman–Crippen MR) is 60.6 cm³/mol. The zero-order valence-corrected chi connectivity index (χ0v) is 10.7. The van der Waals surface area contributed by atoms with Gasteiger partial charge in [-0.05, 0) is 6.92 Å². The summed E-state index contributed by atoms with van der Waals surface area (Å²) in [5.41, 5.74) is -0.811. The average molecular weight is 288 g/mol. The average Bonchev–Trinajstić information content (AvgIpc) is 2.92. The summed E-state index contributed by atoms with van der Waals surface area (Å²) in [5.74, 6) is -0.0923. The third kappa shape index (κ3) is 2.98. The van der Waals surface area contributed by atoms with Crippen molar-refractivity contribution in [2.24, 2.45) is 7.05 Å². The van der Waals surface area contributed by atoms with Crippen LogP contribution in [0.3, 0.4) is 0 Å². The molecule has 2 rings (SSSR count). The molecule has 1 amide bonds. The molecular formula is C11H11F3N4O2. The predicted octanol–water partition coefficient (Wildman–Crippen LogP) is 1.67. The molecule has 108 valence electrons. The van der Waals surface area contributed by atoms with Crippen molar-refractivity contribution >= 4 is 5.91 Å². The second kappa shape index (κ2) is 4.99. The van der Waals surface area contributed by atoms with Gasteiger partial charge < -0.3 is 9.84 Å². The monoisotopic (exact) mass is 288 g/mol. The highest BCUT2D eigenvalue weighted by Gasteiger charge is 2.35. The van der Waals surface area contributed by atoms with Crippen LogP contribution in [0.2, 0.25) is 0 Å². The quantitative estimate of drug-likeness (QED) is 0.932. The van der Waals surface area contributed by atoms with Crippen LogP contribution in [-0.4, -0.2) is 20.8 Å². The number of aromatic nitrogens is 3. The van der Waals surface area contributed by atoms with Crippen LogP contribution in [0.15, 0.2) is 16.7 Å². The van der Waals surface area contributed by atoms with Crippen LogP contribution < -0.4 is 5.32 Å². The van der Waals surface area contributed by atoms with Crippen LogP contribution in [0.4, 0.5) is 13.2 Å². The van der Waals surface area contributed by atoms with Crippen molar-refractivity contribution in [1.29, 1.82) is 0 Å². The van der Waals surface area contributed by atoms with E-state index in [2.05, 4.69) is 15.6 Å². The van der Waals surface area contributed by atoms with E-state index in [9.17, 15) is 18.0 Å². The molecule has 0 aliphatic carbocycles. The summed E-state index contributed by atoms with van der Waals surface area (Å²) in [7, 11) is 1.27. The molecule has 6 nitrogen and oxygen atoms in total. The first-order valence-electron chi connectivity index (χ1n) is 5.59. The first kappa shape index (κ1) is 14.1. The van der Waals surface area contributed by atoms with Gasteiger partial charge in [-0.15, -0.1) is 0 Å². The Morgan fingerprint density at radius 1 is 1.45 bits per heavy atom. The maximum absolute atomic E-state index is 12.5. The first-order chi connectivity index (χ1) is 9.27. The van der Waals surface area contributed by atoms with Crippen molar-refractivity contribution in [1.82, 2.24) is 20.3 Å². The highest BCUT2D eigenvalue weighted by molar-refractivity contribution is 5.92. The zero-order chi connectivity index (χ0) is 14.9. The normalized spacial score (nSPS) is 11.7. The molecule has 0 spiro atoms. The van der Waals surface area contributed by atoms with Crippen molar-refractivity contribution in [3.8, 4) is 0 Å². The fourth-order valence-corrected chi connectivity index (χ4v) is 1.58. The highest BCUT2D eigenvalue weighted by Crippen LogP contribution is 2.28. The van der Waals surface area contributed by atoms with Gasteiger partial charge in [0.25, 0.3) is 5.91 Å². The Morgan fingerprint density at radius 3 is 2.65 bits per heavy atom. The molecule has 0 aliphatic rings. The van der Waals surface area contributed by atoms with Gasteiger partial charge >= 0.3 is 6.18 Å². The van der Waals surface area contributed by atoms with Crippen LogP contribution >= 0.6 is 0 Å². The fraction of sp³-hybridized carbons (Fsp3) is 0.364. The number of rotatable bonds is 3. The molecule has 0 aromatic carbocycles. The van der Waals surface area contributed by atoms with E-state index in [-0.39, 0.29) is 12.2 Å². The number of carbonyl (C=O) groups excluding carboxylic acids is 1. The number of hydrogen-bond donors (Lipinski definition) is 1. The summed E-state index contributed by atoms with van der Waals surface area (Å²) in [6, 6.07) is 2.31. The highest BCUT2D eigenvalue weighted by atomic mass is 19.4. The van der Waals surface area contributed by atoms with Crippen molar-refractivity contribution in [3.05, 3.63) is 35.0 Å². The van der Waals surface area contributed by atoms with Gasteiger partial charge in [0.15, 0.2) is 5.69 Å². The topological polar surface area (TPSA) is 73.0 Å². The van der Waals surface area contributed by atoms with Gasteiger partial charge in [0.05, 0.1) is 6.54 Å². The third-order valence-electron chi connectivity index (χ3n) is 2.51. The van der Waals surface area contributed by atoms with E-state index in [1.807, 2.05) is 0 Å². The molecule has 0 fully saturated rings. The van der Waals surface area contributed by atoms with Crippen molar-refractivity contribution < 1.29 is 22.5 Å². The lowest BCUT2D eigenvalue weighted by Gasteiger charge is -2.02. The third-order valence-corrected chi connectivity index (χ3v) is 2.51. The zero-order valence-electron chi connectivity index (χ0n) is 10.7. The second-order valence-corrected chi connectivity index (χ2v) is 4.15. The number of aryl methyl sites for hydroxylation is 2. The molecule has 0 radical (unpaired) electrons. The Balaban J connectivity index is 2.08. The van der Waals surface area contributed by atoms with Gasteiger partial charge in [-0.1, -0.05) is 5.16 Å². The van der Waals surface area contributed by atoms with Gasteiger partial charge in [0.1, 0.15) is 17.1 Å². The van der Waals surface area contributed by atoms with Crippen LogP contribution in [0.1, 0.15) is 27.6 Å².